The first-order chi connectivity index (χ1) is 15.5. The molecule has 10 heteroatoms. The van der Waals surface area contributed by atoms with Gasteiger partial charge in [0.25, 0.3) is 0 Å². The third kappa shape index (κ3) is 5.31. The number of benzene rings is 1. The van der Waals surface area contributed by atoms with Gasteiger partial charge in [-0.2, -0.15) is 0 Å². The van der Waals surface area contributed by atoms with Gasteiger partial charge in [0.2, 0.25) is 10.0 Å². The van der Waals surface area contributed by atoms with Crippen LogP contribution in [0.1, 0.15) is 56.6 Å². The van der Waals surface area contributed by atoms with E-state index >= 15 is 0 Å². The molecule has 0 bridgehead atoms. The highest BCUT2D eigenvalue weighted by Crippen LogP contribution is 2.32. The van der Waals surface area contributed by atoms with Crippen LogP contribution < -0.4 is 9.46 Å². The summed E-state index contributed by atoms with van der Waals surface area (Å²) in [6.07, 6.45) is 8.26. The molecule has 3 atom stereocenters. The number of ether oxygens (including phenoxy) is 2. The minimum Gasteiger partial charge on any atom is -0.495 e. The molecule has 2 aliphatic rings. The molecule has 9 nitrogen and oxygen atoms in total. The van der Waals surface area contributed by atoms with E-state index < -0.39 is 22.2 Å². The molecule has 32 heavy (non-hydrogen) atoms. The molecule has 176 valence electrons. The topological polar surface area (TPSA) is 116 Å². The highest BCUT2D eigenvalue weighted by Gasteiger charge is 2.34. The molecule has 0 unspecified atom stereocenters. The monoisotopic (exact) mass is 464 g/mol. The molecule has 1 aromatic heterocycles. The predicted molar refractivity (Wildman–Crippen MR) is 118 cm³/mol. The lowest BCUT2D eigenvalue weighted by Crippen LogP contribution is -2.51. The molecule has 2 aromatic rings. The van der Waals surface area contributed by atoms with E-state index in [0.29, 0.717) is 25.3 Å². The number of nitrogens with one attached hydrogen (secondary N) is 1. The van der Waals surface area contributed by atoms with E-state index in [-0.39, 0.29) is 23.4 Å². The van der Waals surface area contributed by atoms with E-state index in [0.717, 1.165) is 12.1 Å². The number of aromatic nitrogens is 3. The van der Waals surface area contributed by atoms with Crippen molar-refractivity contribution < 1.29 is 23.0 Å². The van der Waals surface area contributed by atoms with Crippen LogP contribution in [0, 0.1) is 0 Å². The van der Waals surface area contributed by atoms with Crippen molar-refractivity contribution >= 4 is 10.0 Å². The Balaban J connectivity index is 1.33. The first-order valence-electron chi connectivity index (χ1n) is 11.3. The van der Waals surface area contributed by atoms with Crippen molar-refractivity contribution in [2.45, 2.75) is 80.6 Å². The quantitative estimate of drug-likeness (QED) is 0.585. The first kappa shape index (κ1) is 23.2. The fourth-order valence-electron chi connectivity index (χ4n) is 4.69. The van der Waals surface area contributed by atoms with Crippen LogP contribution in [0.25, 0.3) is 0 Å². The fraction of sp³-hybridized carbons (Fsp3) is 0.636. The lowest BCUT2D eigenvalue weighted by atomic mass is 9.98. The summed E-state index contributed by atoms with van der Waals surface area (Å²) in [7, 11) is -2.38. The molecule has 4 rings (SSSR count). The van der Waals surface area contributed by atoms with Gasteiger partial charge >= 0.3 is 0 Å². The molecule has 2 heterocycles. The maximum absolute atomic E-state index is 12.9. The molecule has 1 aliphatic heterocycles. The molecule has 1 aromatic carbocycles. The Bertz CT molecular complexity index is 990. The van der Waals surface area contributed by atoms with Crippen LogP contribution in [-0.2, 0) is 21.3 Å². The Kier molecular flexibility index (Phi) is 7.44. The van der Waals surface area contributed by atoms with E-state index in [9.17, 15) is 13.5 Å². The number of hydrogen-bond acceptors (Lipinski definition) is 7. The molecule has 1 saturated carbocycles. The van der Waals surface area contributed by atoms with E-state index in [1.807, 2.05) is 10.9 Å². The maximum Gasteiger partial charge on any atom is 0.244 e. The normalized spacial score (nSPS) is 24.6. The highest BCUT2D eigenvalue weighted by molar-refractivity contribution is 7.89. The number of sulfonamides is 1. The van der Waals surface area contributed by atoms with Gasteiger partial charge in [-0.15, -0.1) is 5.10 Å². The number of aliphatic hydroxyl groups is 1. The number of nitrogens with zero attached hydrogens (tertiary/aromatic N) is 3. The minimum atomic E-state index is -3.81. The number of methoxy groups -OCH3 is 1. The maximum atomic E-state index is 12.9. The second-order valence-corrected chi connectivity index (χ2v) is 10.3. The van der Waals surface area contributed by atoms with Crippen LogP contribution in [0.15, 0.2) is 35.4 Å². The van der Waals surface area contributed by atoms with Crippen LogP contribution in [-0.4, -0.2) is 60.5 Å². The van der Waals surface area contributed by atoms with Gasteiger partial charge in [-0.3, -0.25) is 4.68 Å². The SMILES string of the molecule is COc1ccccc1S(=O)(=O)N[C@H]1CC[C@H](CCn2cc(C3CCCC3)nn2)O[C@@H]1CO. The summed E-state index contributed by atoms with van der Waals surface area (Å²) in [5, 5.41) is 18.4. The molecular formula is C22H32N4O5S. The number of aryl methyl sites for hydroxylation is 1. The van der Waals surface area contributed by atoms with Gasteiger partial charge in [-0.05, 0) is 44.2 Å². The van der Waals surface area contributed by atoms with Gasteiger partial charge in [0.1, 0.15) is 10.6 Å². The second kappa shape index (κ2) is 10.3. The van der Waals surface area contributed by atoms with E-state index in [4.69, 9.17) is 9.47 Å². The van der Waals surface area contributed by atoms with Gasteiger partial charge in [0.15, 0.2) is 0 Å². The van der Waals surface area contributed by atoms with Crippen molar-refractivity contribution in [3.05, 3.63) is 36.2 Å². The Morgan fingerprint density at radius 2 is 2.00 bits per heavy atom. The summed E-state index contributed by atoms with van der Waals surface area (Å²) in [6.45, 7) is 0.422. The van der Waals surface area contributed by atoms with Crippen LogP contribution in [0.4, 0.5) is 0 Å². The zero-order chi connectivity index (χ0) is 22.6. The largest absolute Gasteiger partial charge is 0.495 e. The summed E-state index contributed by atoms with van der Waals surface area (Å²) in [4.78, 5) is 0.0746. The fourth-order valence-corrected chi connectivity index (χ4v) is 6.16. The highest BCUT2D eigenvalue weighted by atomic mass is 32.2. The summed E-state index contributed by atoms with van der Waals surface area (Å²) in [5.74, 6) is 0.811. The lowest BCUT2D eigenvalue weighted by molar-refractivity contribution is -0.0891. The molecule has 0 radical (unpaired) electrons. The minimum absolute atomic E-state index is 0.0710. The van der Waals surface area contributed by atoms with Gasteiger partial charge < -0.3 is 14.6 Å². The molecule has 1 saturated heterocycles. The third-order valence-electron chi connectivity index (χ3n) is 6.47. The summed E-state index contributed by atoms with van der Waals surface area (Å²) in [5.41, 5.74) is 1.08. The van der Waals surface area contributed by atoms with Gasteiger partial charge in [0, 0.05) is 18.7 Å². The van der Waals surface area contributed by atoms with Crippen molar-refractivity contribution in [3.63, 3.8) is 0 Å². The number of hydrogen-bond donors (Lipinski definition) is 2. The molecule has 1 aliphatic carbocycles. The second-order valence-electron chi connectivity index (χ2n) is 8.61. The Morgan fingerprint density at radius 3 is 2.75 bits per heavy atom. The van der Waals surface area contributed by atoms with E-state index in [1.165, 1.54) is 38.9 Å². The Hall–Kier alpha value is -2.01. The predicted octanol–water partition coefficient (Wildman–Crippen LogP) is 2.22. The first-order valence-corrected chi connectivity index (χ1v) is 12.8. The van der Waals surface area contributed by atoms with Gasteiger partial charge in [-0.1, -0.05) is 30.2 Å². The van der Waals surface area contributed by atoms with Crippen molar-refractivity contribution in [2.75, 3.05) is 13.7 Å². The van der Waals surface area contributed by atoms with Crippen LogP contribution >= 0.6 is 0 Å². The van der Waals surface area contributed by atoms with Crippen LogP contribution in [0.5, 0.6) is 5.75 Å². The van der Waals surface area contributed by atoms with Gasteiger partial charge in [-0.25, -0.2) is 13.1 Å². The Morgan fingerprint density at radius 1 is 1.22 bits per heavy atom. The average Bonchev–Trinajstić information content (AvgIpc) is 3.50. The molecule has 0 spiro atoms. The number of aliphatic hydroxyl groups excluding tert-OH is 1. The standard InChI is InChI=1S/C22H32N4O5S/c1-30-20-8-4-5-9-22(20)32(28,29)24-18-11-10-17(31-21(18)15-27)12-13-26-14-19(23-25-26)16-6-2-3-7-16/h4-5,8-9,14,16-18,21,24,27H,2-3,6-7,10-13,15H2,1H3/t17-,18+,21-/m1/s1. The zero-order valence-electron chi connectivity index (χ0n) is 18.4. The number of para-hydroxylation sites is 1. The zero-order valence-corrected chi connectivity index (χ0v) is 19.2. The molecular weight excluding hydrogens is 432 g/mol. The third-order valence-corrected chi connectivity index (χ3v) is 8.00. The summed E-state index contributed by atoms with van der Waals surface area (Å²) < 4.78 is 41.6. The van der Waals surface area contributed by atoms with E-state index in [2.05, 4.69) is 15.0 Å². The molecule has 2 N–H and O–H groups in total. The Labute approximate surface area is 189 Å². The van der Waals surface area contributed by atoms with E-state index in [1.54, 1.807) is 18.2 Å². The van der Waals surface area contributed by atoms with Gasteiger partial charge in [0.05, 0.1) is 37.7 Å². The summed E-state index contributed by atoms with van der Waals surface area (Å²) in [6, 6.07) is 5.96. The number of rotatable bonds is 9. The van der Waals surface area contributed by atoms with Crippen LogP contribution in [0.3, 0.4) is 0 Å². The molecule has 0 amide bonds. The lowest BCUT2D eigenvalue weighted by Gasteiger charge is -2.36. The van der Waals surface area contributed by atoms with Crippen molar-refractivity contribution in [1.29, 1.82) is 0 Å². The smallest absolute Gasteiger partial charge is 0.244 e. The summed E-state index contributed by atoms with van der Waals surface area (Å²) >= 11 is 0. The van der Waals surface area contributed by atoms with Crippen molar-refractivity contribution in [1.82, 2.24) is 19.7 Å². The van der Waals surface area contributed by atoms with Crippen molar-refractivity contribution in [3.8, 4) is 5.75 Å². The van der Waals surface area contributed by atoms with Crippen LogP contribution in [0.2, 0.25) is 0 Å². The average molecular weight is 465 g/mol. The van der Waals surface area contributed by atoms with Crippen molar-refractivity contribution in [2.24, 2.45) is 0 Å². The molecule has 2 fully saturated rings.